The molecular formula is C29H31FO6. The molecule has 3 rings (SSSR count). The molecule has 0 aliphatic heterocycles. The van der Waals surface area contributed by atoms with Gasteiger partial charge in [0.1, 0.15) is 17.2 Å². The molecule has 0 saturated heterocycles. The average Bonchev–Trinajstić information content (AvgIpc) is 2.86. The van der Waals surface area contributed by atoms with E-state index in [1.807, 2.05) is 31.2 Å². The van der Waals surface area contributed by atoms with Crippen molar-refractivity contribution in [3.05, 3.63) is 78.1 Å². The number of hydrogen-bond acceptors (Lipinski definition) is 6. The Morgan fingerprint density at radius 2 is 1.64 bits per heavy atom. The second-order valence-electron chi connectivity index (χ2n) is 8.46. The van der Waals surface area contributed by atoms with E-state index in [-0.39, 0.29) is 12.4 Å². The quantitative estimate of drug-likeness (QED) is 0.123. The lowest BCUT2D eigenvalue weighted by molar-refractivity contribution is -0.140. The number of rotatable bonds is 13. The molecule has 0 amide bonds. The molecule has 0 bridgehead atoms. The van der Waals surface area contributed by atoms with Gasteiger partial charge >= 0.3 is 11.9 Å². The maximum atomic E-state index is 12.7. The molecule has 0 atom stereocenters. The number of aromatic hydroxyl groups is 1. The predicted octanol–water partition coefficient (Wildman–Crippen LogP) is 6.68. The molecule has 36 heavy (non-hydrogen) atoms. The first-order chi connectivity index (χ1) is 17.4. The Kier molecular flexibility index (Phi) is 9.86. The highest BCUT2D eigenvalue weighted by molar-refractivity contribution is 5.96. The first-order valence-electron chi connectivity index (χ1n) is 12.1. The lowest BCUT2D eigenvalue weighted by Crippen LogP contribution is -2.09. The van der Waals surface area contributed by atoms with E-state index in [1.165, 1.54) is 6.07 Å². The van der Waals surface area contributed by atoms with E-state index in [4.69, 9.17) is 14.2 Å². The largest absolute Gasteiger partial charge is 0.508 e. The van der Waals surface area contributed by atoms with Crippen LogP contribution in [-0.2, 0) is 16.0 Å². The molecule has 3 aromatic rings. The van der Waals surface area contributed by atoms with Crippen molar-refractivity contribution in [2.75, 3.05) is 13.2 Å². The van der Waals surface area contributed by atoms with Crippen molar-refractivity contribution in [3.63, 3.8) is 0 Å². The summed E-state index contributed by atoms with van der Waals surface area (Å²) in [6, 6.07) is 15.8. The molecule has 1 N–H and O–H groups in total. The van der Waals surface area contributed by atoms with Crippen LogP contribution in [0.15, 0.2) is 67.0 Å². The van der Waals surface area contributed by atoms with Crippen LogP contribution in [0.1, 0.15) is 54.9 Å². The van der Waals surface area contributed by atoms with Gasteiger partial charge < -0.3 is 19.3 Å². The summed E-state index contributed by atoms with van der Waals surface area (Å²) in [5, 5.41) is 11.6. The van der Waals surface area contributed by atoms with Crippen molar-refractivity contribution < 1.29 is 33.3 Å². The third kappa shape index (κ3) is 7.83. The molecule has 0 aliphatic rings. The van der Waals surface area contributed by atoms with E-state index < -0.39 is 17.8 Å². The van der Waals surface area contributed by atoms with E-state index >= 15 is 0 Å². The maximum absolute atomic E-state index is 12.7. The Bertz CT molecular complexity index is 1220. The zero-order valence-electron chi connectivity index (χ0n) is 20.4. The number of benzene rings is 3. The van der Waals surface area contributed by atoms with Crippen LogP contribution in [-0.4, -0.2) is 30.3 Å². The highest BCUT2D eigenvalue weighted by Gasteiger charge is 2.13. The van der Waals surface area contributed by atoms with Gasteiger partial charge in [-0.3, -0.25) is 0 Å². The molecule has 0 aromatic heterocycles. The van der Waals surface area contributed by atoms with Gasteiger partial charge in [0.05, 0.1) is 18.8 Å². The predicted molar refractivity (Wildman–Crippen MR) is 136 cm³/mol. The molecule has 3 aromatic carbocycles. The fourth-order valence-electron chi connectivity index (χ4n) is 3.72. The molecule has 0 heterocycles. The topological polar surface area (TPSA) is 82.1 Å². The second-order valence-corrected chi connectivity index (χ2v) is 8.46. The summed E-state index contributed by atoms with van der Waals surface area (Å²) in [6.07, 6.45) is 4.80. The Morgan fingerprint density at radius 3 is 2.39 bits per heavy atom. The molecule has 6 nitrogen and oxygen atoms in total. The minimum absolute atomic E-state index is 0.145. The van der Waals surface area contributed by atoms with Crippen molar-refractivity contribution >= 4 is 22.7 Å². The van der Waals surface area contributed by atoms with Gasteiger partial charge in [0.2, 0.25) is 5.83 Å². The number of esters is 2. The molecule has 0 spiro atoms. The molecule has 0 saturated carbocycles. The highest BCUT2D eigenvalue weighted by atomic mass is 19.1. The molecule has 0 fully saturated rings. The normalized spacial score (nSPS) is 10.7. The number of unbranched alkanes of at least 4 members (excludes halogenated alkanes) is 3. The molecule has 0 aliphatic carbocycles. The number of ether oxygens (including phenoxy) is 3. The first-order valence-corrected chi connectivity index (χ1v) is 12.1. The summed E-state index contributed by atoms with van der Waals surface area (Å²) in [5.41, 5.74) is 1.23. The average molecular weight is 495 g/mol. The van der Waals surface area contributed by atoms with Gasteiger partial charge in [-0.15, -0.1) is 0 Å². The Morgan fingerprint density at radius 1 is 0.917 bits per heavy atom. The smallest absolute Gasteiger partial charge is 0.366 e. The molecule has 7 heteroatoms. The Hall–Kier alpha value is -3.87. The summed E-state index contributed by atoms with van der Waals surface area (Å²) >= 11 is 0. The van der Waals surface area contributed by atoms with Crippen LogP contribution in [0, 0.1) is 0 Å². The summed E-state index contributed by atoms with van der Waals surface area (Å²) in [6.45, 7) is 5.64. The van der Waals surface area contributed by atoms with E-state index in [9.17, 15) is 19.1 Å². The summed E-state index contributed by atoms with van der Waals surface area (Å²) in [4.78, 5) is 23.7. The highest BCUT2D eigenvalue weighted by Crippen LogP contribution is 2.27. The van der Waals surface area contributed by atoms with Crippen molar-refractivity contribution in [1.82, 2.24) is 0 Å². The van der Waals surface area contributed by atoms with Gasteiger partial charge in [0.25, 0.3) is 0 Å². The van der Waals surface area contributed by atoms with Crippen LogP contribution in [0.25, 0.3) is 10.8 Å². The van der Waals surface area contributed by atoms with E-state index in [0.29, 0.717) is 30.8 Å². The molecule has 0 radical (unpaired) electrons. The van der Waals surface area contributed by atoms with Crippen molar-refractivity contribution in [2.24, 2.45) is 0 Å². The van der Waals surface area contributed by atoms with Gasteiger partial charge in [-0.25, -0.2) is 9.59 Å². The number of aryl methyl sites for hydroxylation is 1. The minimum atomic E-state index is -1.08. The Labute approximate surface area is 210 Å². The monoisotopic (exact) mass is 494 g/mol. The van der Waals surface area contributed by atoms with E-state index in [0.717, 1.165) is 47.8 Å². The third-order valence-corrected chi connectivity index (χ3v) is 5.58. The van der Waals surface area contributed by atoms with Crippen LogP contribution < -0.4 is 9.47 Å². The van der Waals surface area contributed by atoms with Crippen molar-refractivity contribution in [3.8, 4) is 17.2 Å². The first kappa shape index (κ1) is 26.7. The number of hydrogen-bond donors (Lipinski definition) is 1. The van der Waals surface area contributed by atoms with Crippen LogP contribution >= 0.6 is 0 Å². The number of fused-ring (bicyclic) bond motifs is 1. The zero-order valence-corrected chi connectivity index (χ0v) is 20.4. The van der Waals surface area contributed by atoms with Crippen LogP contribution in [0.4, 0.5) is 4.39 Å². The number of halogens is 1. The summed E-state index contributed by atoms with van der Waals surface area (Å²) in [7, 11) is 0. The standard InChI is InChI=1S/C29H31FO6/c1-3-8-23-18-25(31)12-14-27(23)36-29(33)24-10-9-22-19-26(13-11-21(22)17-24)34-15-6-4-5-7-16-35-28(32)20(2)30/h9-14,17-19,31H,2-8,15-16H2,1H3. The number of phenols is 1. The van der Waals surface area contributed by atoms with Gasteiger partial charge in [-0.1, -0.05) is 32.1 Å². The summed E-state index contributed by atoms with van der Waals surface area (Å²) in [5.74, 6) is -1.20. The van der Waals surface area contributed by atoms with Gasteiger partial charge in [0.15, 0.2) is 0 Å². The fourth-order valence-corrected chi connectivity index (χ4v) is 3.72. The Balaban J connectivity index is 1.49. The minimum Gasteiger partial charge on any atom is -0.508 e. The van der Waals surface area contributed by atoms with E-state index in [2.05, 4.69) is 6.58 Å². The van der Waals surface area contributed by atoms with Gasteiger partial charge in [0, 0.05) is 0 Å². The number of phenolic OH excluding ortho intramolecular Hbond substituents is 1. The maximum Gasteiger partial charge on any atom is 0.366 e. The van der Waals surface area contributed by atoms with Gasteiger partial charge in [-0.2, -0.15) is 4.39 Å². The summed E-state index contributed by atoms with van der Waals surface area (Å²) < 4.78 is 28.7. The third-order valence-electron chi connectivity index (χ3n) is 5.58. The lowest BCUT2D eigenvalue weighted by atomic mass is 10.1. The van der Waals surface area contributed by atoms with Crippen molar-refractivity contribution in [1.29, 1.82) is 0 Å². The molecule has 0 unspecified atom stereocenters. The SMILES string of the molecule is C=C(F)C(=O)OCCCCCCOc1ccc2cc(C(=O)Oc3ccc(O)cc3CCC)ccc2c1. The number of carbonyl (C=O) groups excluding carboxylic acids is 2. The van der Waals surface area contributed by atoms with E-state index in [1.54, 1.807) is 24.3 Å². The molecular weight excluding hydrogens is 463 g/mol. The second kappa shape index (κ2) is 13.3. The van der Waals surface area contributed by atoms with Crippen molar-refractivity contribution in [2.45, 2.75) is 45.4 Å². The lowest BCUT2D eigenvalue weighted by Gasteiger charge is -2.11. The van der Waals surface area contributed by atoms with Crippen LogP contribution in [0.3, 0.4) is 0 Å². The fraction of sp³-hybridized carbons (Fsp3) is 0.310. The van der Waals surface area contributed by atoms with Crippen LogP contribution in [0.5, 0.6) is 17.2 Å². The number of carbonyl (C=O) groups is 2. The zero-order chi connectivity index (χ0) is 25.9. The molecule has 190 valence electrons. The van der Waals surface area contributed by atoms with Gasteiger partial charge in [-0.05, 0) is 90.9 Å². The van der Waals surface area contributed by atoms with Crippen LogP contribution in [0.2, 0.25) is 0 Å².